The summed E-state index contributed by atoms with van der Waals surface area (Å²) >= 11 is 0. The maximum absolute atomic E-state index is 5.12. The highest BCUT2D eigenvalue weighted by Gasteiger charge is 2.21. The van der Waals surface area contributed by atoms with Gasteiger partial charge in [-0.05, 0) is 114 Å². The van der Waals surface area contributed by atoms with Crippen molar-refractivity contribution in [2.45, 2.75) is 67.2 Å². The van der Waals surface area contributed by atoms with Crippen LogP contribution >= 0.6 is 0 Å². The van der Waals surface area contributed by atoms with E-state index in [1.807, 2.05) is 0 Å². The first kappa shape index (κ1) is 23.3. The highest BCUT2D eigenvalue weighted by Crippen LogP contribution is 2.32. The molecular formula is C32H35N3. The Morgan fingerprint density at radius 1 is 0.629 bits per heavy atom. The molecule has 2 aromatic rings. The molecule has 3 aliphatic rings. The third-order valence-corrected chi connectivity index (χ3v) is 7.55. The predicted molar refractivity (Wildman–Crippen MR) is 151 cm³/mol. The molecule has 4 heterocycles. The van der Waals surface area contributed by atoms with Crippen molar-refractivity contribution in [3.63, 3.8) is 0 Å². The molecule has 0 unspecified atom stereocenters. The molecule has 0 radical (unpaired) electrons. The van der Waals surface area contributed by atoms with Crippen LogP contribution in [-0.4, -0.2) is 16.4 Å². The van der Waals surface area contributed by atoms with Crippen molar-refractivity contribution >= 4 is 35.7 Å². The van der Waals surface area contributed by atoms with Gasteiger partial charge in [0.15, 0.2) is 0 Å². The zero-order chi connectivity index (χ0) is 24.7. The molecule has 0 fully saturated rings. The summed E-state index contributed by atoms with van der Waals surface area (Å²) < 4.78 is 0. The average molecular weight is 462 g/mol. The molecule has 0 saturated carbocycles. The third-order valence-electron chi connectivity index (χ3n) is 7.55. The first-order chi connectivity index (χ1) is 17.0. The number of hydrogen-bond donors (Lipinski definition) is 1. The highest BCUT2D eigenvalue weighted by molar-refractivity contribution is 6.24. The average Bonchev–Trinajstić information content (AvgIpc) is 3.44. The van der Waals surface area contributed by atoms with Crippen LogP contribution in [0.4, 0.5) is 0 Å². The number of aliphatic imine (C=N–C) groups is 2. The van der Waals surface area contributed by atoms with E-state index in [0.29, 0.717) is 0 Å². The molecular weight excluding hydrogens is 426 g/mol. The first-order valence-electron chi connectivity index (χ1n) is 13.0. The van der Waals surface area contributed by atoms with Gasteiger partial charge in [0.05, 0.1) is 22.8 Å². The van der Waals surface area contributed by atoms with Crippen LogP contribution < -0.4 is 10.7 Å². The van der Waals surface area contributed by atoms with Gasteiger partial charge in [0.1, 0.15) is 0 Å². The maximum Gasteiger partial charge on any atom is 0.0693 e. The number of aromatic amines is 1. The van der Waals surface area contributed by atoms with Gasteiger partial charge in [0.2, 0.25) is 0 Å². The molecule has 35 heavy (non-hydrogen) atoms. The first-order valence-corrected chi connectivity index (χ1v) is 13.0. The van der Waals surface area contributed by atoms with E-state index in [2.05, 4.69) is 95.1 Å². The molecule has 178 valence electrons. The number of allylic oxidation sites excluding steroid dienone is 4. The zero-order valence-corrected chi connectivity index (χ0v) is 21.8. The van der Waals surface area contributed by atoms with Crippen LogP contribution in [0.1, 0.15) is 76.6 Å². The van der Waals surface area contributed by atoms with E-state index in [1.165, 1.54) is 44.1 Å². The molecule has 1 aromatic carbocycles. The van der Waals surface area contributed by atoms with Crippen molar-refractivity contribution in [2.24, 2.45) is 9.98 Å². The number of fused-ring (bicyclic) bond motifs is 6. The predicted octanol–water partition coefficient (Wildman–Crippen LogP) is 6.46. The molecule has 1 aromatic heterocycles. The van der Waals surface area contributed by atoms with Crippen LogP contribution in [0.2, 0.25) is 0 Å². The smallest absolute Gasteiger partial charge is 0.0693 e. The number of hydrogen-bond acceptors (Lipinski definition) is 2. The van der Waals surface area contributed by atoms with Crippen LogP contribution in [0.15, 0.2) is 67.9 Å². The van der Waals surface area contributed by atoms with Crippen LogP contribution in [-0.2, 0) is 12.8 Å². The second-order valence-electron chi connectivity index (χ2n) is 9.54. The number of rotatable bonds is 4. The Labute approximate surface area is 208 Å². The number of H-pyrrole nitrogens is 1. The molecule has 0 aliphatic carbocycles. The molecule has 3 heteroatoms. The van der Waals surface area contributed by atoms with Crippen LogP contribution in [0.5, 0.6) is 0 Å². The Hall–Kier alpha value is -3.46. The Morgan fingerprint density at radius 2 is 1.09 bits per heavy atom. The van der Waals surface area contributed by atoms with Gasteiger partial charge in [-0.2, -0.15) is 0 Å². The quantitative estimate of drug-likeness (QED) is 0.543. The van der Waals surface area contributed by atoms with Gasteiger partial charge < -0.3 is 4.98 Å². The topological polar surface area (TPSA) is 40.5 Å². The van der Waals surface area contributed by atoms with E-state index in [-0.39, 0.29) is 0 Å². The Kier molecular flexibility index (Phi) is 6.19. The lowest BCUT2D eigenvalue weighted by Gasteiger charge is -2.03. The standard InChI is InChI=1S/C32H35N3/c1-7-23-19(5)27-15-21-12-11-13-22(14-21)16-28-20(6)24(8-2)30(34-28)18-32-26(10-4)25(9-3)31(35-32)17-29(23)33-27/h11-18,35H,7-10H2,1-6H3. The minimum atomic E-state index is 0.965. The van der Waals surface area contributed by atoms with Gasteiger partial charge in [-0.3, -0.25) is 0 Å². The largest absolute Gasteiger partial charge is 0.355 e. The zero-order valence-electron chi connectivity index (χ0n) is 21.8. The van der Waals surface area contributed by atoms with E-state index in [0.717, 1.165) is 59.6 Å². The van der Waals surface area contributed by atoms with E-state index >= 15 is 0 Å². The molecule has 8 bridgehead atoms. The SMILES string of the molecule is CCC1=C(C)C2=Cc3cccc(c3)C=C3N=C(C=c4[nH]c(c(CC)c4CC)=CC1=N2)C(CC)=C3C. The monoisotopic (exact) mass is 461 g/mol. The number of nitrogens with one attached hydrogen (secondary N) is 1. The summed E-state index contributed by atoms with van der Waals surface area (Å²) in [4.78, 5) is 14.0. The number of benzene rings is 1. The highest BCUT2D eigenvalue weighted by atomic mass is 14.8. The Balaban J connectivity index is 1.87. The Morgan fingerprint density at radius 3 is 1.49 bits per heavy atom. The fourth-order valence-electron chi connectivity index (χ4n) is 5.67. The number of nitrogens with zero attached hydrogens (tertiary/aromatic N) is 2. The van der Waals surface area contributed by atoms with Gasteiger partial charge in [0, 0.05) is 10.7 Å². The van der Waals surface area contributed by atoms with Crippen molar-refractivity contribution in [3.8, 4) is 0 Å². The molecule has 3 nitrogen and oxygen atoms in total. The fourth-order valence-corrected chi connectivity index (χ4v) is 5.67. The van der Waals surface area contributed by atoms with Crippen molar-refractivity contribution in [3.05, 3.63) is 90.9 Å². The van der Waals surface area contributed by atoms with Crippen LogP contribution in [0.3, 0.4) is 0 Å². The van der Waals surface area contributed by atoms with Crippen molar-refractivity contribution in [1.29, 1.82) is 0 Å². The summed E-state index contributed by atoms with van der Waals surface area (Å²) in [6.07, 6.45) is 12.9. The lowest BCUT2D eigenvalue weighted by molar-refractivity contribution is 1.04. The number of aromatic nitrogens is 1. The Bertz CT molecular complexity index is 1420. The van der Waals surface area contributed by atoms with Gasteiger partial charge in [-0.25, -0.2) is 9.98 Å². The van der Waals surface area contributed by atoms with Gasteiger partial charge in [-0.1, -0.05) is 45.9 Å². The van der Waals surface area contributed by atoms with Gasteiger partial charge >= 0.3 is 0 Å². The summed E-state index contributed by atoms with van der Waals surface area (Å²) in [5, 5.41) is 2.35. The summed E-state index contributed by atoms with van der Waals surface area (Å²) in [6, 6.07) is 8.68. The summed E-state index contributed by atoms with van der Waals surface area (Å²) in [5.74, 6) is 0. The second kappa shape index (κ2) is 9.30. The van der Waals surface area contributed by atoms with E-state index in [9.17, 15) is 0 Å². The molecule has 1 N–H and O–H groups in total. The molecule has 0 amide bonds. The van der Waals surface area contributed by atoms with E-state index in [1.54, 1.807) is 0 Å². The molecule has 5 rings (SSSR count). The van der Waals surface area contributed by atoms with Gasteiger partial charge in [-0.15, -0.1) is 0 Å². The lowest BCUT2D eigenvalue weighted by atomic mass is 10.0. The van der Waals surface area contributed by atoms with Crippen molar-refractivity contribution in [1.82, 2.24) is 4.98 Å². The normalized spacial score (nSPS) is 17.1. The summed E-state index contributed by atoms with van der Waals surface area (Å²) in [6.45, 7) is 13.4. The molecule has 0 atom stereocenters. The second-order valence-corrected chi connectivity index (χ2v) is 9.54. The summed E-state index contributed by atoms with van der Waals surface area (Å²) in [7, 11) is 0. The van der Waals surface area contributed by atoms with Crippen LogP contribution in [0.25, 0.3) is 24.3 Å². The minimum absolute atomic E-state index is 0.965. The summed E-state index contributed by atoms with van der Waals surface area (Å²) in [5.41, 5.74) is 14.6. The molecule has 3 aliphatic heterocycles. The maximum atomic E-state index is 5.12. The van der Waals surface area contributed by atoms with Crippen molar-refractivity contribution in [2.75, 3.05) is 0 Å². The van der Waals surface area contributed by atoms with Crippen molar-refractivity contribution < 1.29 is 0 Å². The van der Waals surface area contributed by atoms with Gasteiger partial charge in [0.25, 0.3) is 0 Å². The fraction of sp³-hybridized carbons (Fsp3) is 0.312. The van der Waals surface area contributed by atoms with E-state index in [4.69, 9.17) is 9.98 Å². The molecule has 0 spiro atoms. The van der Waals surface area contributed by atoms with Crippen LogP contribution in [0, 0.1) is 0 Å². The third kappa shape index (κ3) is 4.03. The molecule has 0 saturated heterocycles. The minimum Gasteiger partial charge on any atom is -0.355 e. The van der Waals surface area contributed by atoms with E-state index < -0.39 is 0 Å². The lowest BCUT2D eigenvalue weighted by Crippen LogP contribution is -2.16.